The molecule has 2 aromatic rings. The number of piperidine rings is 2. The smallest absolute Gasteiger partial charge is 0.408 e. The van der Waals surface area contributed by atoms with E-state index in [0.717, 1.165) is 41.5 Å². The van der Waals surface area contributed by atoms with Crippen molar-refractivity contribution in [1.29, 1.82) is 0 Å². The van der Waals surface area contributed by atoms with E-state index in [1.807, 2.05) is 24.3 Å². The highest BCUT2D eigenvalue weighted by atomic mass is 16.5. The van der Waals surface area contributed by atoms with Crippen molar-refractivity contribution in [2.75, 3.05) is 6.61 Å². The molecule has 0 aromatic heterocycles. The second kappa shape index (κ2) is 7.43. The molecular weight excluding hydrogens is 380 g/mol. The molecule has 6 nitrogen and oxygen atoms in total. The van der Waals surface area contributed by atoms with Gasteiger partial charge >= 0.3 is 12.1 Å². The van der Waals surface area contributed by atoms with Crippen molar-refractivity contribution in [3.8, 4) is 11.1 Å². The summed E-state index contributed by atoms with van der Waals surface area (Å²) in [6.45, 7) is 0.181. The molecule has 2 atom stereocenters. The summed E-state index contributed by atoms with van der Waals surface area (Å²) in [6, 6.07) is 16.6. The van der Waals surface area contributed by atoms with Gasteiger partial charge in [-0.2, -0.15) is 0 Å². The van der Waals surface area contributed by atoms with Crippen molar-refractivity contribution in [2.24, 2.45) is 0 Å². The Bertz CT molecular complexity index is 931. The van der Waals surface area contributed by atoms with E-state index in [1.165, 1.54) is 0 Å². The molecule has 3 N–H and O–H groups in total. The fourth-order valence-electron chi connectivity index (χ4n) is 5.52. The summed E-state index contributed by atoms with van der Waals surface area (Å²) in [4.78, 5) is 24.8. The number of ether oxygens (including phenoxy) is 1. The Hall–Kier alpha value is -2.86. The summed E-state index contributed by atoms with van der Waals surface area (Å²) in [5.41, 5.74) is 3.33. The van der Waals surface area contributed by atoms with E-state index in [1.54, 1.807) is 0 Å². The van der Waals surface area contributed by atoms with E-state index in [-0.39, 0.29) is 24.6 Å². The summed E-state index contributed by atoms with van der Waals surface area (Å²) in [6.07, 6.45) is 3.12. The van der Waals surface area contributed by atoms with Crippen LogP contribution in [0.4, 0.5) is 4.79 Å². The lowest BCUT2D eigenvalue weighted by Gasteiger charge is -2.45. The average molecular weight is 406 g/mol. The Morgan fingerprint density at radius 3 is 2.13 bits per heavy atom. The molecule has 1 aliphatic carbocycles. The molecule has 2 unspecified atom stereocenters. The van der Waals surface area contributed by atoms with Crippen LogP contribution in [0.1, 0.15) is 49.1 Å². The second-order valence-electron chi connectivity index (χ2n) is 8.74. The molecule has 156 valence electrons. The number of rotatable bonds is 4. The minimum atomic E-state index is -1.26. The van der Waals surface area contributed by atoms with E-state index in [2.05, 4.69) is 34.9 Å². The highest BCUT2D eigenvalue weighted by Gasteiger charge is 2.49. The van der Waals surface area contributed by atoms with Gasteiger partial charge in [-0.1, -0.05) is 55.0 Å². The number of carboxylic acids is 1. The molecule has 3 aliphatic rings. The molecule has 2 heterocycles. The first-order valence-electron chi connectivity index (χ1n) is 10.7. The van der Waals surface area contributed by atoms with Crippen LogP contribution in [0.25, 0.3) is 11.1 Å². The molecule has 5 rings (SSSR count). The molecule has 1 amide bonds. The van der Waals surface area contributed by atoms with Crippen molar-refractivity contribution in [1.82, 2.24) is 10.6 Å². The largest absolute Gasteiger partial charge is 0.480 e. The molecule has 2 saturated heterocycles. The Kier molecular flexibility index (Phi) is 4.74. The number of carbonyl (C=O) groups excluding carboxylic acids is 1. The maximum absolute atomic E-state index is 12.7. The van der Waals surface area contributed by atoms with Crippen LogP contribution < -0.4 is 10.6 Å². The summed E-state index contributed by atoms with van der Waals surface area (Å²) < 4.78 is 5.61. The third-order valence-electron chi connectivity index (χ3n) is 6.86. The first-order valence-corrected chi connectivity index (χ1v) is 10.7. The van der Waals surface area contributed by atoms with Crippen LogP contribution in [0.15, 0.2) is 48.5 Å². The van der Waals surface area contributed by atoms with Crippen molar-refractivity contribution in [3.05, 3.63) is 59.7 Å². The Labute approximate surface area is 175 Å². The van der Waals surface area contributed by atoms with E-state index < -0.39 is 17.6 Å². The lowest BCUT2D eigenvalue weighted by Crippen LogP contribution is -2.65. The maximum Gasteiger partial charge on any atom is 0.408 e. The second-order valence-corrected chi connectivity index (χ2v) is 8.74. The number of aliphatic carboxylic acids is 1. The molecule has 2 fully saturated rings. The lowest BCUT2D eigenvalue weighted by molar-refractivity contribution is -0.147. The van der Waals surface area contributed by atoms with Gasteiger partial charge in [-0.15, -0.1) is 0 Å². The Morgan fingerprint density at radius 1 is 1.00 bits per heavy atom. The normalized spacial score (nSPS) is 27.1. The summed E-state index contributed by atoms with van der Waals surface area (Å²) >= 11 is 0. The molecule has 2 bridgehead atoms. The number of alkyl carbamates (subject to hydrolysis) is 1. The van der Waals surface area contributed by atoms with Crippen molar-refractivity contribution >= 4 is 12.1 Å². The van der Waals surface area contributed by atoms with Crippen LogP contribution in [-0.2, 0) is 9.53 Å². The van der Waals surface area contributed by atoms with Gasteiger partial charge in [0.25, 0.3) is 0 Å². The Morgan fingerprint density at radius 2 is 1.57 bits per heavy atom. The van der Waals surface area contributed by atoms with Gasteiger partial charge in [-0.25, -0.2) is 9.59 Å². The number of hydrogen-bond acceptors (Lipinski definition) is 4. The van der Waals surface area contributed by atoms with Crippen LogP contribution in [-0.4, -0.2) is 41.4 Å². The van der Waals surface area contributed by atoms with Crippen molar-refractivity contribution in [3.63, 3.8) is 0 Å². The summed E-state index contributed by atoms with van der Waals surface area (Å²) in [5.74, 6) is -1.02. The van der Waals surface area contributed by atoms with Crippen LogP contribution in [0, 0.1) is 0 Å². The highest BCUT2D eigenvalue weighted by molar-refractivity contribution is 5.85. The zero-order chi connectivity index (χ0) is 20.7. The number of carboxylic acid groups (broad SMARTS) is 1. The first kappa shape index (κ1) is 19.1. The van der Waals surface area contributed by atoms with Gasteiger partial charge in [-0.05, 0) is 47.9 Å². The minimum absolute atomic E-state index is 0.0451. The zero-order valence-corrected chi connectivity index (χ0v) is 16.8. The van der Waals surface area contributed by atoms with Gasteiger partial charge in [0.15, 0.2) is 0 Å². The number of amides is 1. The monoisotopic (exact) mass is 406 g/mol. The minimum Gasteiger partial charge on any atom is -0.480 e. The van der Waals surface area contributed by atoms with Gasteiger partial charge in [0.2, 0.25) is 0 Å². The number of hydrogen-bond donors (Lipinski definition) is 3. The quantitative estimate of drug-likeness (QED) is 0.721. The summed E-state index contributed by atoms with van der Waals surface area (Å²) in [7, 11) is 0. The number of benzene rings is 2. The third-order valence-corrected chi connectivity index (χ3v) is 6.86. The van der Waals surface area contributed by atoms with Crippen molar-refractivity contribution < 1.29 is 19.4 Å². The molecular formula is C24H26N2O4. The average Bonchev–Trinajstić information content (AvgIpc) is 3.06. The van der Waals surface area contributed by atoms with E-state index in [4.69, 9.17) is 4.74 Å². The van der Waals surface area contributed by atoms with Gasteiger partial charge in [0, 0.05) is 18.0 Å². The van der Waals surface area contributed by atoms with Crippen LogP contribution >= 0.6 is 0 Å². The molecule has 0 spiro atoms. The third kappa shape index (κ3) is 3.25. The fourth-order valence-corrected chi connectivity index (χ4v) is 5.52. The topological polar surface area (TPSA) is 87.7 Å². The molecule has 6 heteroatoms. The molecule has 0 radical (unpaired) electrons. The fraction of sp³-hybridized carbons (Fsp3) is 0.417. The van der Waals surface area contributed by atoms with Crippen molar-refractivity contribution in [2.45, 2.75) is 55.6 Å². The molecule has 2 aromatic carbocycles. The summed E-state index contributed by atoms with van der Waals surface area (Å²) in [5, 5.41) is 16.1. The van der Waals surface area contributed by atoms with Gasteiger partial charge in [0.1, 0.15) is 12.1 Å². The van der Waals surface area contributed by atoms with Crippen LogP contribution in [0.5, 0.6) is 0 Å². The van der Waals surface area contributed by atoms with Gasteiger partial charge in [0.05, 0.1) is 0 Å². The SMILES string of the molecule is O=C(NC1(C(=O)O)CC2CCCC(C1)N2)OCC1c2ccccc2-c2ccccc21. The van der Waals surface area contributed by atoms with E-state index in [0.29, 0.717) is 12.8 Å². The molecule has 30 heavy (non-hydrogen) atoms. The predicted octanol–water partition coefficient (Wildman–Crippen LogP) is 3.65. The van der Waals surface area contributed by atoms with Crippen LogP contribution in [0.2, 0.25) is 0 Å². The van der Waals surface area contributed by atoms with Gasteiger partial charge < -0.3 is 20.5 Å². The van der Waals surface area contributed by atoms with Gasteiger partial charge in [-0.3, -0.25) is 0 Å². The predicted molar refractivity (Wildman–Crippen MR) is 112 cm³/mol. The maximum atomic E-state index is 12.7. The Balaban J connectivity index is 1.31. The first-order chi connectivity index (χ1) is 14.6. The van der Waals surface area contributed by atoms with E-state index in [9.17, 15) is 14.7 Å². The number of carbonyl (C=O) groups is 2. The standard InChI is InChI=1S/C24H26N2O4/c27-22(28)24(12-15-6-5-7-16(13-24)25-15)26-23(29)30-14-21-19-10-3-1-8-17(19)18-9-2-4-11-20(18)21/h1-4,8-11,15-16,21,25H,5-7,12-14H2,(H,26,29)(H,27,28). The highest BCUT2D eigenvalue weighted by Crippen LogP contribution is 2.44. The van der Waals surface area contributed by atoms with E-state index >= 15 is 0 Å². The number of nitrogens with one attached hydrogen (secondary N) is 2. The zero-order valence-electron chi connectivity index (χ0n) is 16.8. The molecule has 2 aliphatic heterocycles. The number of fused-ring (bicyclic) bond motifs is 5. The lowest BCUT2D eigenvalue weighted by atomic mass is 9.75. The molecule has 0 saturated carbocycles. The van der Waals surface area contributed by atoms with Crippen LogP contribution in [0.3, 0.4) is 0 Å².